The van der Waals surface area contributed by atoms with Crippen molar-refractivity contribution in [3.05, 3.63) is 182 Å². The van der Waals surface area contributed by atoms with Gasteiger partial charge in [-0.1, -0.05) is 121 Å². The molecule has 0 N–H and O–H groups in total. The quantitative estimate of drug-likeness (QED) is 0.188. The maximum absolute atomic E-state index is 2.42. The third kappa shape index (κ3) is 4.06. The zero-order chi connectivity index (χ0) is 31.6. The fraction of sp³-hybridized carbons (Fsp3) is 0. The van der Waals surface area contributed by atoms with Crippen molar-refractivity contribution >= 4 is 54.4 Å². The monoisotopic (exact) mass is 610 g/mol. The van der Waals surface area contributed by atoms with Gasteiger partial charge in [0.05, 0.1) is 22.1 Å². The molecule has 2 nitrogen and oxygen atoms in total. The lowest BCUT2D eigenvalue weighted by molar-refractivity contribution is 1.18. The molecule has 0 aliphatic carbocycles. The SMILES string of the molecule is c1ccc(-n2c3ccc(-c4ccc5ccccc5c4)cc3c3ccc(-c4cccc5c4c4ccccc4n5-c4ccccc4)cc32)cc1. The summed E-state index contributed by atoms with van der Waals surface area (Å²) < 4.78 is 4.81. The molecule has 0 radical (unpaired) electrons. The van der Waals surface area contributed by atoms with Crippen molar-refractivity contribution in [3.8, 4) is 33.6 Å². The molecule has 0 aliphatic rings. The van der Waals surface area contributed by atoms with E-state index >= 15 is 0 Å². The van der Waals surface area contributed by atoms with E-state index in [0.717, 1.165) is 5.69 Å². The first-order valence-corrected chi connectivity index (χ1v) is 16.5. The number of nitrogens with zero attached hydrogens (tertiary/aromatic N) is 2. The van der Waals surface area contributed by atoms with Gasteiger partial charge in [-0.3, -0.25) is 0 Å². The van der Waals surface area contributed by atoms with E-state index in [9.17, 15) is 0 Å². The lowest BCUT2D eigenvalue weighted by Crippen LogP contribution is -1.94. The smallest absolute Gasteiger partial charge is 0.0547 e. The van der Waals surface area contributed by atoms with E-state index in [1.54, 1.807) is 0 Å². The Labute approximate surface area is 278 Å². The topological polar surface area (TPSA) is 9.86 Å². The second-order valence-electron chi connectivity index (χ2n) is 12.6. The van der Waals surface area contributed by atoms with Crippen molar-refractivity contribution in [2.24, 2.45) is 0 Å². The fourth-order valence-electron chi connectivity index (χ4n) is 7.71. The van der Waals surface area contributed by atoms with Crippen molar-refractivity contribution in [1.29, 1.82) is 0 Å². The lowest BCUT2D eigenvalue weighted by atomic mass is 9.97. The Bertz CT molecular complexity index is 2820. The van der Waals surface area contributed by atoms with E-state index in [1.807, 2.05) is 0 Å². The van der Waals surface area contributed by atoms with Crippen molar-refractivity contribution < 1.29 is 0 Å². The molecule has 224 valence electrons. The van der Waals surface area contributed by atoms with Crippen LogP contribution in [-0.2, 0) is 0 Å². The first kappa shape index (κ1) is 26.8. The van der Waals surface area contributed by atoms with Crippen LogP contribution >= 0.6 is 0 Å². The van der Waals surface area contributed by atoms with Gasteiger partial charge in [-0.2, -0.15) is 0 Å². The Morgan fingerprint density at radius 1 is 0.292 bits per heavy atom. The summed E-state index contributed by atoms with van der Waals surface area (Å²) in [5.74, 6) is 0. The molecule has 0 saturated heterocycles. The first-order valence-electron chi connectivity index (χ1n) is 16.5. The maximum atomic E-state index is 2.42. The van der Waals surface area contributed by atoms with E-state index in [2.05, 4.69) is 191 Å². The average molecular weight is 611 g/mol. The molecule has 2 aromatic heterocycles. The molecule has 0 unspecified atom stereocenters. The largest absolute Gasteiger partial charge is 0.309 e. The van der Waals surface area contributed by atoms with Crippen LogP contribution in [0.3, 0.4) is 0 Å². The fourth-order valence-corrected chi connectivity index (χ4v) is 7.71. The summed E-state index contributed by atoms with van der Waals surface area (Å²) in [6.45, 7) is 0. The number of para-hydroxylation sites is 3. The third-order valence-electron chi connectivity index (χ3n) is 9.89. The molecule has 2 heterocycles. The van der Waals surface area contributed by atoms with Crippen LogP contribution in [0, 0.1) is 0 Å². The van der Waals surface area contributed by atoms with Gasteiger partial charge in [-0.15, -0.1) is 0 Å². The summed E-state index contributed by atoms with van der Waals surface area (Å²) in [5.41, 5.74) is 12.1. The Kier molecular flexibility index (Phi) is 5.91. The van der Waals surface area contributed by atoms with Crippen LogP contribution in [0.5, 0.6) is 0 Å². The standard InChI is InChI=1S/C46H30N2/c1-3-14-36(15-4-1)47-42-20-10-9-18-40(42)46-38(19-11-21-44(46)47)35-24-26-39-41-29-34(33-23-22-31-12-7-8-13-32(31)28-33)25-27-43(41)48(45(39)30-35)37-16-5-2-6-17-37/h1-30H. The van der Waals surface area contributed by atoms with Crippen molar-refractivity contribution in [2.75, 3.05) is 0 Å². The number of hydrogen-bond acceptors (Lipinski definition) is 0. The molecule has 8 aromatic carbocycles. The molecular formula is C46H30N2. The number of aromatic nitrogens is 2. The highest BCUT2D eigenvalue weighted by atomic mass is 15.0. The van der Waals surface area contributed by atoms with Crippen LogP contribution < -0.4 is 0 Å². The molecule has 0 atom stereocenters. The first-order chi connectivity index (χ1) is 23.8. The van der Waals surface area contributed by atoms with Crippen LogP contribution in [-0.4, -0.2) is 9.13 Å². The van der Waals surface area contributed by atoms with Gasteiger partial charge in [0, 0.05) is 32.9 Å². The van der Waals surface area contributed by atoms with Crippen LogP contribution in [0.4, 0.5) is 0 Å². The number of rotatable bonds is 4. The van der Waals surface area contributed by atoms with Gasteiger partial charge in [0.2, 0.25) is 0 Å². The average Bonchev–Trinajstić information content (AvgIpc) is 3.67. The summed E-state index contributed by atoms with van der Waals surface area (Å²) in [6.07, 6.45) is 0. The number of hydrogen-bond donors (Lipinski definition) is 0. The highest BCUT2D eigenvalue weighted by Gasteiger charge is 2.18. The van der Waals surface area contributed by atoms with Crippen LogP contribution in [0.25, 0.3) is 88.0 Å². The van der Waals surface area contributed by atoms with E-state index in [4.69, 9.17) is 0 Å². The number of fused-ring (bicyclic) bond motifs is 7. The van der Waals surface area contributed by atoms with Crippen molar-refractivity contribution in [3.63, 3.8) is 0 Å². The van der Waals surface area contributed by atoms with Crippen LogP contribution in [0.2, 0.25) is 0 Å². The minimum atomic E-state index is 1.16. The summed E-state index contributed by atoms with van der Waals surface area (Å²) in [4.78, 5) is 0. The maximum Gasteiger partial charge on any atom is 0.0547 e. The number of benzene rings is 8. The molecule has 10 aromatic rings. The Hall–Kier alpha value is -6.38. The van der Waals surface area contributed by atoms with E-state index < -0.39 is 0 Å². The molecule has 0 saturated carbocycles. The van der Waals surface area contributed by atoms with Crippen LogP contribution in [0.15, 0.2) is 182 Å². The second kappa shape index (κ2) is 10.6. The third-order valence-corrected chi connectivity index (χ3v) is 9.89. The predicted octanol–water partition coefficient (Wildman–Crippen LogP) is 12.4. The lowest BCUT2D eigenvalue weighted by Gasteiger charge is -2.11. The van der Waals surface area contributed by atoms with Gasteiger partial charge in [-0.05, 0) is 93.7 Å². The van der Waals surface area contributed by atoms with Crippen LogP contribution in [0.1, 0.15) is 0 Å². The second-order valence-corrected chi connectivity index (χ2v) is 12.6. The van der Waals surface area contributed by atoms with Gasteiger partial charge >= 0.3 is 0 Å². The van der Waals surface area contributed by atoms with Gasteiger partial charge in [0.25, 0.3) is 0 Å². The highest BCUT2D eigenvalue weighted by Crippen LogP contribution is 2.41. The van der Waals surface area contributed by atoms with Gasteiger partial charge < -0.3 is 9.13 Å². The Morgan fingerprint density at radius 3 is 1.71 bits per heavy atom. The van der Waals surface area contributed by atoms with E-state index in [0.29, 0.717) is 0 Å². The summed E-state index contributed by atoms with van der Waals surface area (Å²) in [6, 6.07) is 66.2. The Balaban J connectivity index is 1.23. The van der Waals surface area contributed by atoms with E-state index in [1.165, 1.54) is 82.3 Å². The zero-order valence-corrected chi connectivity index (χ0v) is 26.2. The zero-order valence-electron chi connectivity index (χ0n) is 26.2. The summed E-state index contributed by atoms with van der Waals surface area (Å²) in [5, 5.41) is 7.56. The van der Waals surface area contributed by atoms with Crippen molar-refractivity contribution in [1.82, 2.24) is 9.13 Å². The highest BCUT2D eigenvalue weighted by molar-refractivity contribution is 6.17. The molecule has 48 heavy (non-hydrogen) atoms. The molecule has 0 aliphatic heterocycles. The molecule has 2 heteroatoms. The van der Waals surface area contributed by atoms with Gasteiger partial charge in [0.15, 0.2) is 0 Å². The molecule has 0 spiro atoms. The molecule has 0 fully saturated rings. The minimum Gasteiger partial charge on any atom is -0.309 e. The van der Waals surface area contributed by atoms with E-state index in [-0.39, 0.29) is 0 Å². The van der Waals surface area contributed by atoms with Gasteiger partial charge in [0.1, 0.15) is 0 Å². The predicted molar refractivity (Wildman–Crippen MR) is 203 cm³/mol. The van der Waals surface area contributed by atoms with Crippen molar-refractivity contribution in [2.45, 2.75) is 0 Å². The molecule has 0 amide bonds. The molecule has 10 rings (SSSR count). The molecular weight excluding hydrogens is 581 g/mol. The Morgan fingerprint density at radius 2 is 0.896 bits per heavy atom. The molecule has 0 bridgehead atoms. The summed E-state index contributed by atoms with van der Waals surface area (Å²) in [7, 11) is 0. The minimum absolute atomic E-state index is 1.16. The normalized spacial score (nSPS) is 11.8. The summed E-state index contributed by atoms with van der Waals surface area (Å²) >= 11 is 0. The van der Waals surface area contributed by atoms with Gasteiger partial charge in [-0.25, -0.2) is 0 Å².